The predicted octanol–water partition coefficient (Wildman–Crippen LogP) is 3.55. The van der Waals surface area contributed by atoms with Crippen LogP contribution < -0.4 is 10.6 Å². The average molecular weight is 360 g/mol. The van der Waals surface area contributed by atoms with Crippen LogP contribution >= 0.6 is 0 Å². The molecule has 6 heteroatoms. The van der Waals surface area contributed by atoms with Gasteiger partial charge in [0.1, 0.15) is 0 Å². The van der Waals surface area contributed by atoms with Gasteiger partial charge in [0.05, 0.1) is 23.0 Å². The summed E-state index contributed by atoms with van der Waals surface area (Å²) in [6.07, 6.45) is 0.130. The molecule has 3 aromatic rings. The molecule has 2 N–H and O–H groups in total. The number of hydrogen-bond donors (Lipinski definition) is 2. The number of carbonyl (C=O) groups is 2. The molecular weight excluding hydrogens is 340 g/mol. The molecule has 1 atom stereocenters. The first-order valence-electron chi connectivity index (χ1n) is 8.85. The minimum Gasteiger partial charge on any atom is -0.326 e. The lowest BCUT2D eigenvalue weighted by atomic mass is 9.89. The van der Waals surface area contributed by atoms with E-state index in [0.29, 0.717) is 11.4 Å². The molecule has 0 fully saturated rings. The highest BCUT2D eigenvalue weighted by Gasteiger charge is 2.30. The van der Waals surface area contributed by atoms with Crippen molar-refractivity contribution in [1.82, 2.24) is 9.78 Å². The van der Waals surface area contributed by atoms with E-state index in [1.165, 1.54) is 0 Å². The van der Waals surface area contributed by atoms with Gasteiger partial charge in [0.25, 0.3) is 0 Å². The normalized spacial score (nSPS) is 15.8. The summed E-state index contributed by atoms with van der Waals surface area (Å²) in [5.41, 5.74) is 4.88. The number of rotatable bonds is 3. The summed E-state index contributed by atoms with van der Waals surface area (Å²) in [7, 11) is 0. The first-order chi connectivity index (χ1) is 13.0. The minimum absolute atomic E-state index is 0.130. The Labute approximate surface area is 157 Å². The van der Waals surface area contributed by atoms with E-state index in [0.717, 1.165) is 22.6 Å². The maximum Gasteiger partial charge on any atom is 0.232 e. The quantitative estimate of drug-likeness (QED) is 0.750. The number of hydrogen-bond acceptors (Lipinski definition) is 3. The van der Waals surface area contributed by atoms with Gasteiger partial charge in [0.2, 0.25) is 11.8 Å². The highest BCUT2D eigenvalue weighted by atomic mass is 16.2. The van der Waals surface area contributed by atoms with Crippen molar-refractivity contribution in [2.75, 3.05) is 10.6 Å². The molecular formula is C21H20N4O2. The number of benzene rings is 2. The Kier molecular flexibility index (Phi) is 4.24. The van der Waals surface area contributed by atoms with Crippen molar-refractivity contribution >= 4 is 23.2 Å². The van der Waals surface area contributed by atoms with Crippen LogP contribution in [-0.2, 0) is 9.59 Å². The number of amides is 2. The van der Waals surface area contributed by atoms with Gasteiger partial charge in [-0.3, -0.25) is 9.59 Å². The number of aromatic nitrogens is 2. The molecule has 1 aliphatic heterocycles. The highest BCUT2D eigenvalue weighted by Crippen LogP contribution is 2.33. The second-order valence-corrected chi connectivity index (χ2v) is 6.74. The van der Waals surface area contributed by atoms with Crippen molar-refractivity contribution in [2.45, 2.75) is 26.2 Å². The number of nitrogens with zero attached hydrogens (tertiary/aromatic N) is 2. The fourth-order valence-corrected chi connectivity index (χ4v) is 3.50. The number of nitrogens with one attached hydrogen (secondary N) is 2. The van der Waals surface area contributed by atoms with Gasteiger partial charge in [-0.2, -0.15) is 5.10 Å². The third kappa shape index (κ3) is 3.21. The number of fused-ring (bicyclic) bond motifs is 1. The second-order valence-electron chi connectivity index (χ2n) is 6.74. The predicted molar refractivity (Wildman–Crippen MR) is 104 cm³/mol. The van der Waals surface area contributed by atoms with Crippen LogP contribution in [0.1, 0.15) is 29.3 Å². The lowest BCUT2D eigenvalue weighted by Crippen LogP contribution is -2.31. The van der Waals surface area contributed by atoms with E-state index >= 15 is 0 Å². The van der Waals surface area contributed by atoms with Gasteiger partial charge in [0, 0.05) is 17.8 Å². The van der Waals surface area contributed by atoms with Crippen LogP contribution in [0, 0.1) is 13.8 Å². The number of aryl methyl sites for hydroxylation is 2. The first kappa shape index (κ1) is 17.0. The van der Waals surface area contributed by atoms with Gasteiger partial charge < -0.3 is 10.6 Å². The van der Waals surface area contributed by atoms with Crippen molar-refractivity contribution < 1.29 is 9.59 Å². The molecule has 0 saturated carbocycles. The average Bonchev–Trinajstić information content (AvgIpc) is 2.99. The van der Waals surface area contributed by atoms with Crippen LogP contribution in [0.4, 0.5) is 11.4 Å². The van der Waals surface area contributed by atoms with Crippen molar-refractivity contribution in [2.24, 2.45) is 0 Å². The van der Waals surface area contributed by atoms with Gasteiger partial charge in [-0.15, -0.1) is 0 Å². The van der Waals surface area contributed by atoms with Gasteiger partial charge in [-0.1, -0.05) is 30.3 Å². The van der Waals surface area contributed by atoms with Crippen LogP contribution in [0.2, 0.25) is 0 Å². The molecule has 1 aromatic heterocycles. The minimum atomic E-state index is -0.525. The summed E-state index contributed by atoms with van der Waals surface area (Å²) in [5, 5.41) is 10.3. The molecule has 1 unspecified atom stereocenters. The van der Waals surface area contributed by atoms with Crippen molar-refractivity contribution in [3.05, 3.63) is 71.5 Å². The Balaban J connectivity index is 1.67. The summed E-state index contributed by atoms with van der Waals surface area (Å²) in [4.78, 5) is 25.1. The number of para-hydroxylation sites is 3. The summed E-state index contributed by atoms with van der Waals surface area (Å²) in [6, 6.07) is 16.9. The summed E-state index contributed by atoms with van der Waals surface area (Å²) in [5.74, 6) is -0.879. The molecule has 1 aliphatic rings. The molecule has 0 saturated heterocycles. The van der Waals surface area contributed by atoms with E-state index in [1.807, 2.05) is 73.1 Å². The molecule has 27 heavy (non-hydrogen) atoms. The van der Waals surface area contributed by atoms with Gasteiger partial charge in [0.15, 0.2) is 0 Å². The Morgan fingerprint density at radius 2 is 1.89 bits per heavy atom. The molecule has 6 nitrogen and oxygen atoms in total. The smallest absolute Gasteiger partial charge is 0.232 e. The summed E-state index contributed by atoms with van der Waals surface area (Å²) >= 11 is 0. The zero-order valence-corrected chi connectivity index (χ0v) is 15.2. The second kappa shape index (κ2) is 6.72. The van der Waals surface area contributed by atoms with E-state index < -0.39 is 5.92 Å². The summed E-state index contributed by atoms with van der Waals surface area (Å²) < 4.78 is 1.81. The third-order valence-electron chi connectivity index (χ3n) is 4.72. The Bertz CT molecular complexity index is 1040. The maximum absolute atomic E-state index is 13.0. The largest absolute Gasteiger partial charge is 0.326 e. The van der Waals surface area contributed by atoms with Crippen molar-refractivity contribution in [1.29, 1.82) is 0 Å². The zero-order valence-electron chi connectivity index (χ0n) is 15.2. The van der Waals surface area contributed by atoms with Gasteiger partial charge in [-0.25, -0.2) is 4.68 Å². The van der Waals surface area contributed by atoms with E-state index in [1.54, 1.807) is 0 Å². The lowest BCUT2D eigenvalue weighted by molar-refractivity contribution is -0.123. The van der Waals surface area contributed by atoms with Crippen LogP contribution in [0.5, 0.6) is 0 Å². The van der Waals surface area contributed by atoms with Crippen molar-refractivity contribution in [3.8, 4) is 5.69 Å². The van der Waals surface area contributed by atoms with E-state index in [-0.39, 0.29) is 18.2 Å². The molecule has 0 bridgehead atoms. The van der Waals surface area contributed by atoms with Crippen LogP contribution in [-0.4, -0.2) is 21.6 Å². The Morgan fingerprint density at radius 1 is 1.15 bits per heavy atom. The maximum atomic E-state index is 13.0. The first-order valence-corrected chi connectivity index (χ1v) is 8.85. The number of anilines is 2. The SMILES string of the molecule is Cc1cc(C)n(-c2ccccc2NC(=O)C2CC(=O)Nc3ccccc32)n1. The van der Waals surface area contributed by atoms with Crippen LogP contribution in [0.15, 0.2) is 54.6 Å². The molecule has 0 spiro atoms. The van der Waals surface area contributed by atoms with Crippen LogP contribution in [0.25, 0.3) is 5.69 Å². The van der Waals surface area contributed by atoms with Gasteiger partial charge in [-0.05, 0) is 43.7 Å². The lowest BCUT2D eigenvalue weighted by Gasteiger charge is -2.25. The molecule has 136 valence electrons. The fraction of sp³-hybridized carbons (Fsp3) is 0.190. The molecule has 4 rings (SSSR count). The standard InChI is InChI=1S/C21H20N4O2/c1-13-11-14(2)25(24-13)19-10-6-5-9-18(19)23-21(27)16-12-20(26)22-17-8-4-3-7-15(16)17/h3-11,16H,12H2,1-2H3,(H,22,26)(H,23,27). The molecule has 2 aromatic carbocycles. The number of carbonyl (C=O) groups excluding carboxylic acids is 2. The van der Waals surface area contributed by atoms with Crippen molar-refractivity contribution in [3.63, 3.8) is 0 Å². The molecule has 2 heterocycles. The third-order valence-corrected chi connectivity index (χ3v) is 4.72. The zero-order chi connectivity index (χ0) is 19.0. The topological polar surface area (TPSA) is 76.0 Å². The highest BCUT2D eigenvalue weighted by molar-refractivity contribution is 6.05. The Hall–Kier alpha value is -3.41. The van der Waals surface area contributed by atoms with Crippen LogP contribution in [0.3, 0.4) is 0 Å². The summed E-state index contributed by atoms with van der Waals surface area (Å²) in [6.45, 7) is 3.91. The monoisotopic (exact) mass is 360 g/mol. The van der Waals surface area contributed by atoms with Gasteiger partial charge >= 0.3 is 0 Å². The molecule has 0 radical (unpaired) electrons. The molecule has 0 aliphatic carbocycles. The molecule has 2 amide bonds. The fourth-order valence-electron chi connectivity index (χ4n) is 3.50. The Morgan fingerprint density at radius 3 is 2.67 bits per heavy atom. The van der Waals surface area contributed by atoms with E-state index in [9.17, 15) is 9.59 Å². The van der Waals surface area contributed by atoms with E-state index in [4.69, 9.17) is 0 Å². The van der Waals surface area contributed by atoms with E-state index in [2.05, 4.69) is 15.7 Å².